The number of carbonyl (C=O) groups is 2. The third kappa shape index (κ3) is 2.57. The fourth-order valence-corrected chi connectivity index (χ4v) is 1.83. The zero-order valence-corrected chi connectivity index (χ0v) is 10.8. The lowest BCUT2D eigenvalue weighted by atomic mass is 10.2. The number of phenols is 1. The number of hydrogen-bond donors (Lipinski definition) is 3. The van der Waals surface area contributed by atoms with Crippen LogP contribution in [-0.4, -0.2) is 47.2 Å². The molecule has 1 aliphatic rings. The summed E-state index contributed by atoms with van der Waals surface area (Å²) in [6.45, 7) is -0.338. The van der Waals surface area contributed by atoms with E-state index in [1.54, 1.807) is 6.07 Å². The highest BCUT2D eigenvalue weighted by Gasteiger charge is 2.30. The Morgan fingerprint density at radius 2 is 2.10 bits per heavy atom. The molecule has 3 N–H and O–H groups in total. The number of anilines is 1. The Kier molecular flexibility index (Phi) is 3.90. The summed E-state index contributed by atoms with van der Waals surface area (Å²) in [5.41, 5.74) is 0.537. The first-order valence-corrected chi connectivity index (χ1v) is 5.89. The van der Waals surface area contributed by atoms with Crippen LogP contribution in [0.5, 0.6) is 11.5 Å². The number of benzene rings is 1. The monoisotopic (exact) mass is 278 g/mol. The Labute approximate surface area is 115 Å². The van der Waals surface area contributed by atoms with Crippen molar-refractivity contribution in [3.05, 3.63) is 30.0 Å². The molecule has 0 saturated carbocycles. The maximum atomic E-state index is 11.9. The number of methoxy groups -OCH3 is 1. The van der Waals surface area contributed by atoms with E-state index in [0.717, 1.165) is 11.0 Å². The highest BCUT2D eigenvalue weighted by molar-refractivity contribution is 6.17. The topological polar surface area (TPSA) is 99.1 Å². The van der Waals surface area contributed by atoms with Gasteiger partial charge in [0, 0.05) is 17.8 Å². The fraction of sp³-hybridized carbons (Fsp3) is 0.231. The number of carbonyl (C=O) groups excluding carboxylic acids is 2. The summed E-state index contributed by atoms with van der Waals surface area (Å²) in [4.78, 5) is 24.4. The van der Waals surface area contributed by atoms with Gasteiger partial charge >= 0.3 is 0 Å². The van der Waals surface area contributed by atoms with Gasteiger partial charge in [-0.05, 0) is 12.1 Å². The minimum absolute atomic E-state index is 0.0484. The van der Waals surface area contributed by atoms with Crippen molar-refractivity contribution in [3.63, 3.8) is 0 Å². The van der Waals surface area contributed by atoms with Crippen molar-refractivity contribution < 1.29 is 24.5 Å². The van der Waals surface area contributed by atoms with Crippen LogP contribution in [0.15, 0.2) is 30.0 Å². The second-order valence-electron chi connectivity index (χ2n) is 4.09. The predicted octanol–water partition coefficient (Wildman–Crippen LogP) is 0.0577. The quantitative estimate of drug-likeness (QED) is 0.659. The van der Waals surface area contributed by atoms with Gasteiger partial charge in [0.2, 0.25) is 0 Å². The Morgan fingerprint density at radius 3 is 2.70 bits per heavy atom. The molecule has 106 valence electrons. The number of phenolic OH excluding ortho intramolecular Hbond substituents is 1. The number of aliphatic hydroxyl groups excluding tert-OH is 1. The average Bonchev–Trinajstić information content (AvgIpc) is 2.67. The van der Waals surface area contributed by atoms with Gasteiger partial charge in [-0.1, -0.05) is 0 Å². The molecule has 0 bridgehead atoms. The van der Waals surface area contributed by atoms with Crippen molar-refractivity contribution in [1.82, 2.24) is 4.90 Å². The first kappa shape index (κ1) is 13.9. The molecule has 7 nitrogen and oxygen atoms in total. The molecule has 20 heavy (non-hydrogen) atoms. The highest BCUT2D eigenvalue weighted by atomic mass is 16.5. The van der Waals surface area contributed by atoms with Gasteiger partial charge in [-0.15, -0.1) is 0 Å². The van der Waals surface area contributed by atoms with Gasteiger partial charge in [0.15, 0.2) is 11.5 Å². The molecule has 2 amide bonds. The number of hydrogen-bond acceptors (Lipinski definition) is 6. The summed E-state index contributed by atoms with van der Waals surface area (Å²) in [6.07, 6.45) is 1.15. The largest absolute Gasteiger partial charge is 0.504 e. The number of nitrogens with zero attached hydrogens (tertiary/aromatic N) is 1. The number of nitrogens with one attached hydrogen (secondary N) is 1. The summed E-state index contributed by atoms with van der Waals surface area (Å²) in [6, 6.07) is 4.52. The van der Waals surface area contributed by atoms with Crippen LogP contribution in [0.3, 0.4) is 0 Å². The molecule has 2 rings (SSSR count). The summed E-state index contributed by atoms with van der Waals surface area (Å²) < 4.78 is 4.91. The third-order valence-electron chi connectivity index (χ3n) is 2.79. The normalized spacial score (nSPS) is 14.5. The summed E-state index contributed by atoms with van der Waals surface area (Å²) in [5.74, 6) is -0.772. The summed E-state index contributed by atoms with van der Waals surface area (Å²) >= 11 is 0. The smallest absolute Gasteiger partial charge is 0.277 e. The Morgan fingerprint density at radius 1 is 1.35 bits per heavy atom. The molecule has 1 aliphatic heterocycles. The number of rotatable bonds is 5. The van der Waals surface area contributed by atoms with Crippen molar-refractivity contribution in [2.75, 3.05) is 25.6 Å². The standard InChI is InChI=1S/C13H14N2O5/c1-20-11-3-2-8(6-10(11)17)14-9-7-12(18)15(4-5-16)13(9)19/h2-3,6-7,14,16-17H,4-5H2,1H3. The molecule has 0 atom stereocenters. The van der Waals surface area contributed by atoms with Crippen LogP contribution in [0.2, 0.25) is 0 Å². The molecule has 1 aromatic rings. The number of β-amino-alcohol motifs (C(OH)–C–C–N with tert-alkyl or cyclic N) is 1. The van der Waals surface area contributed by atoms with E-state index in [-0.39, 0.29) is 24.6 Å². The molecule has 0 saturated heterocycles. The van der Waals surface area contributed by atoms with E-state index < -0.39 is 11.8 Å². The molecule has 7 heteroatoms. The zero-order chi connectivity index (χ0) is 14.7. The van der Waals surface area contributed by atoms with Crippen LogP contribution in [0.25, 0.3) is 0 Å². The van der Waals surface area contributed by atoms with Crippen LogP contribution in [0.4, 0.5) is 5.69 Å². The zero-order valence-electron chi connectivity index (χ0n) is 10.8. The van der Waals surface area contributed by atoms with Gasteiger partial charge in [-0.3, -0.25) is 14.5 Å². The maximum Gasteiger partial charge on any atom is 0.277 e. The molecule has 0 aliphatic carbocycles. The first-order chi connectivity index (χ1) is 9.56. The minimum atomic E-state index is -0.514. The van der Waals surface area contributed by atoms with Crippen molar-refractivity contribution in [3.8, 4) is 11.5 Å². The van der Waals surface area contributed by atoms with E-state index in [2.05, 4.69) is 5.32 Å². The van der Waals surface area contributed by atoms with Gasteiger partial charge in [-0.2, -0.15) is 0 Å². The molecular weight excluding hydrogens is 264 g/mol. The molecule has 0 unspecified atom stereocenters. The number of ether oxygens (including phenoxy) is 1. The molecule has 0 radical (unpaired) electrons. The lowest BCUT2D eigenvalue weighted by Crippen LogP contribution is -2.34. The number of amides is 2. The van der Waals surface area contributed by atoms with Gasteiger partial charge in [0.25, 0.3) is 11.8 Å². The lowest BCUT2D eigenvalue weighted by Gasteiger charge is -2.13. The van der Waals surface area contributed by atoms with Crippen molar-refractivity contribution in [2.45, 2.75) is 0 Å². The first-order valence-electron chi connectivity index (χ1n) is 5.89. The Hall–Kier alpha value is -2.54. The molecule has 1 aromatic carbocycles. The second kappa shape index (κ2) is 5.62. The Bertz CT molecular complexity index is 582. The number of aromatic hydroxyl groups is 1. The van der Waals surface area contributed by atoms with Crippen molar-refractivity contribution >= 4 is 17.5 Å². The van der Waals surface area contributed by atoms with E-state index in [4.69, 9.17) is 9.84 Å². The van der Waals surface area contributed by atoms with Crippen LogP contribution in [0, 0.1) is 0 Å². The Balaban J connectivity index is 2.15. The number of aliphatic hydroxyl groups is 1. The van der Waals surface area contributed by atoms with Gasteiger partial charge in [0.05, 0.1) is 20.3 Å². The van der Waals surface area contributed by atoms with E-state index in [1.165, 1.54) is 19.2 Å². The van der Waals surface area contributed by atoms with Crippen molar-refractivity contribution in [1.29, 1.82) is 0 Å². The molecular formula is C13H14N2O5. The average molecular weight is 278 g/mol. The molecule has 0 fully saturated rings. The van der Waals surface area contributed by atoms with Crippen LogP contribution < -0.4 is 10.1 Å². The summed E-state index contributed by atoms with van der Waals surface area (Å²) in [7, 11) is 1.43. The van der Waals surface area contributed by atoms with E-state index in [1.807, 2.05) is 0 Å². The molecule has 0 spiro atoms. The van der Waals surface area contributed by atoms with Gasteiger partial charge < -0.3 is 20.3 Å². The number of imide groups is 1. The predicted molar refractivity (Wildman–Crippen MR) is 70.2 cm³/mol. The highest BCUT2D eigenvalue weighted by Crippen LogP contribution is 2.29. The lowest BCUT2D eigenvalue weighted by molar-refractivity contribution is -0.137. The molecule has 0 aromatic heterocycles. The van der Waals surface area contributed by atoms with E-state index in [0.29, 0.717) is 11.4 Å². The second-order valence-corrected chi connectivity index (χ2v) is 4.09. The van der Waals surface area contributed by atoms with E-state index >= 15 is 0 Å². The minimum Gasteiger partial charge on any atom is -0.504 e. The third-order valence-corrected chi connectivity index (χ3v) is 2.79. The fourth-order valence-electron chi connectivity index (χ4n) is 1.83. The molecule has 1 heterocycles. The van der Waals surface area contributed by atoms with Crippen molar-refractivity contribution in [2.24, 2.45) is 0 Å². The maximum absolute atomic E-state index is 11.9. The SMILES string of the molecule is COc1ccc(NC2=CC(=O)N(CCO)C2=O)cc1O. The van der Waals surface area contributed by atoms with Crippen LogP contribution in [0.1, 0.15) is 0 Å². The van der Waals surface area contributed by atoms with Crippen LogP contribution >= 0.6 is 0 Å². The van der Waals surface area contributed by atoms with Gasteiger partial charge in [0.1, 0.15) is 5.70 Å². The van der Waals surface area contributed by atoms with E-state index in [9.17, 15) is 14.7 Å². The van der Waals surface area contributed by atoms with Gasteiger partial charge in [-0.25, -0.2) is 0 Å². The van der Waals surface area contributed by atoms with Crippen LogP contribution in [-0.2, 0) is 9.59 Å². The summed E-state index contributed by atoms with van der Waals surface area (Å²) in [5, 5.41) is 21.2.